The van der Waals surface area contributed by atoms with Gasteiger partial charge in [0.05, 0.1) is 6.61 Å². The summed E-state index contributed by atoms with van der Waals surface area (Å²) in [4.78, 5) is 4.25. The van der Waals surface area contributed by atoms with E-state index in [0.29, 0.717) is 6.04 Å². The zero-order valence-corrected chi connectivity index (χ0v) is 12.6. The number of hydrogen-bond donors (Lipinski definition) is 1. The van der Waals surface area contributed by atoms with Crippen molar-refractivity contribution in [2.24, 2.45) is 0 Å². The molecule has 1 rings (SSSR count). The largest absolute Gasteiger partial charge is 0.478 e. The first-order valence-corrected chi connectivity index (χ1v) is 7.53. The quantitative estimate of drug-likeness (QED) is 0.650. The first-order chi connectivity index (χ1) is 9.22. The molecule has 1 aromatic heterocycles. The molecular formula is C16H28N2O. The third-order valence-corrected chi connectivity index (χ3v) is 3.01. The predicted octanol–water partition coefficient (Wildman–Crippen LogP) is 3.93. The Balaban J connectivity index is 2.24. The summed E-state index contributed by atoms with van der Waals surface area (Å²) in [5.74, 6) is 0.749. The summed E-state index contributed by atoms with van der Waals surface area (Å²) >= 11 is 0. The summed E-state index contributed by atoms with van der Waals surface area (Å²) in [5, 5.41) is 3.40. The predicted molar refractivity (Wildman–Crippen MR) is 80.5 cm³/mol. The van der Waals surface area contributed by atoms with Crippen LogP contribution in [0, 0.1) is 0 Å². The molecule has 3 nitrogen and oxygen atoms in total. The molecule has 0 amide bonds. The first kappa shape index (κ1) is 16.0. The summed E-state index contributed by atoms with van der Waals surface area (Å²) in [6.45, 7) is 8.17. The van der Waals surface area contributed by atoms with Crippen LogP contribution >= 0.6 is 0 Å². The minimum Gasteiger partial charge on any atom is -0.478 e. The van der Waals surface area contributed by atoms with Crippen molar-refractivity contribution in [3.63, 3.8) is 0 Å². The molecule has 3 heteroatoms. The Kier molecular flexibility index (Phi) is 8.23. The van der Waals surface area contributed by atoms with Crippen LogP contribution < -0.4 is 10.1 Å². The Morgan fingerprint density at radius 2 is 2.00 bits per heavy atom. The number of nitrogens with one attached hydrogen (secondary N) is 1. The highest BCUT2D eigenvalue weighted by Crippen LogP contribution is 2.10. The smallest absolute Gasteiger partial charge is 0.213 e. The maximum absolute atomic E-state index is 5.69. The summed E-state index contributed by atoms with van der Waals surface area (Å²) in [6, 6.07) is 4.56. The van der Waals surface area contributed by atoms with E-state index in [1.165, 1.54) is 31.2 Å². The molecule has 0 fully saturated rings. The maximum Gasteiger partial charge on any atom is 0.213 e. The molecule has 0 spiro atoms. The molecule has 0 saturated carbocycles. The first-order valence-electron chi connectivity index (χ1n) is 7.53. The van der Waals surface area contributed by atoms with E-state index in [-0.39, 0.29) is 0 Å². The van der Waals surface area contributed by atoms with Crippen LogP contribution in [-0.4, -0.2) is 17.6 Å². The van der Waals surface area contributed by atoms with Gasteiger partial charge in [-0.15, -0.1) is 0 Å². The Morgan fingerprint density at radius 3 is 2.74 bits per heavy atom. The van der Waals surface area contributed by atoms with E-state index in [4.69, 9.17) is 4.74 Å². The van der Waals surface area contributed by atoms with Crippen molar-refractivity contribution in [1.29, 1.82) is 0 Å². The second-order valence-electron chi connectivity index (χ2n) is 5.30. The number of ether oxygens (including phenoxy) is 1. The Hall–Kier alpha value is -1.09. The molecule has 1 aromatic rings. The minimum absolute atomic E-state index is 0.496. The van der Waals surface area contributed by atoms with E-state index in [9.17, 15) is 0 Å². The van der Waals surface area contributed by atoms with E-state index in [0.717, 1.165) is 25.5 Å². The van der Waals surface area contributed by atoms with E-state index < -0.39 is 0 Å². The van der Waals surface area contributed by atoms with Gasteiger partial charge in [0.15, 0.2) is 0 Å². The van der Waals surface area contributed by atoms with Gasteiger partial charge in [0.2, 0.25) is 5.88 Å². The summed E-state index contributed by atoms with van der Waals surface area (Å²) < 4.78 is 5.69. The molecule has 0 bridgehead atoms. The molecule has 0 aliphatic rings. The maximum atomic E-state index is 5.69. The number of hydrogen-bond acceptors (Lipinski definition) is 3. The van der Waals surface area contributed by atoms with Crippen molar-refractivity contribution in [3.05, 3.63) is 23.9 Å². The Bertz CT molecular complexity index is 339. The lowest BCUT2D eigenvalue weighted by atomic mass is 10.2. The van der Waals surface area contributed by atoms with E-state index in [1.54, 1.807) is 0 Å². The fourth-order valence-corrected chi connectivity index (χ4v) is 1.84. The molecule has 0 aliphatic carbocycles. The van der Waals surface area contributed by atoms with Crippen LogP contribution in [-0.2, 0) is 6.54 Å². The van der Waals surface area contributed by atoms with Gasteiger partial charge in [0.1, 0.15) is 0 Å². The highest BCUT2D eigenvalue weighted by molar-refractivity contribution is 5.20. The second-order valence-corrected chi connectivity index (χ2v) is 5.30. The van der Waals surface area contributed by atoms with E-state index >= 15 is 0 Å². The van der Waals surface area contributed by atoms with E-state index in [2.05, 4.69) is 31.1 Å². The van der Waals surface area contributed by atoms with Gasteiger partial charge in [-0.2, -0.15) is 0 Å². The molecule has 108 valence electrons. The van der Waals surface area contributed by atoms with Crippen molar-refractivity contribution in [2.45, 2.75) is 65.5 Å². The van der Waals surface area contributed by atoms with Crippen molar-refractivity contribution in [3.8, 4) is 5.88 Å². The highest BCUT2D eigenvalue weighted by atomic mass is 16.5. The second kappa shape index (κ2) is 9.79. The standard InChI is InChI=1S/C16H28N2O/c1-4-5-6-7-8-11-19-16-12-15(9-10-17-16)13-18-14(2)3/h9-10,12,14,18H,4-8,11,13H2,1-3H3. The SMILES string of the molecule is CCCCCCCOc1cc(CNC(C)C)ccn1. The van der Waals surface area contributed by atoms with Crippen LogP contribution in [0.5, 0.6) is 5.88 Å². The fourth-order valence-electron chi connectivity index (χ4n) is 1.84. The Labute approximate surface area is 117 Å². The molecule has 1 N–H and O–H groups in total. The molecule has 0 unspecified atom stereocenters. The minimum atomic E-state index is 0.496. The fraction of sp³-hybridized carbons (Fsp3) is 0.688. The summed E-state index contributed by atoms with van der Waals surface area (Å²) in [6.07, 6.45) is 8.12. The van der Waals surface area contributed by atoms with Gasteiger partial charge < -0.3 is 10.1 Å². The van der Waals surface area contributed by atoms with Gasteiger partial charge in [-0.3, -0.25) is 0 Å². The van der Waals surface area contributed by atoms with Crippen LogP contribution in [0.3, 0.4) is 0 Å². The van der Waals surface area contributed by atoms with Crippen LogP contribution in [0.25, 0.3) is 0 Å². The van der Waals surface area contributed by atoms with Crippen molar-refractivity contribution < 1.29 is 4.74 Å². The topological polar surface area (TPSA) is 34.1 Å². The summed E-state index contributed by atoms with van der Waals surface area (Å²) in [5.41, 5.74) is 1.23. The third-order valence-electron chi connectivity index (χ3n) is 3.01. The zero-order chi connectivity index (χ0) is 13.9. The van der Waals surface area contributed by atoms with Crippen LogP contribution in [0.4, 0.5) is 0 Å². The molecule has 0 saturated heterocycles. The number of nitrogens with zero attached hydrogens (tertiary/aromatic N) is 1. The van der Waals surface area contributed by atoms with Gasteiger partial charge in [-0.25, -0.2) is 4.98 Å². The average molecular weight is 264 g/mol. The van der Waals surface area contributed by atoms with Crippen LogP contribution in [0.1, 0.15) is 58.4 Å². The van der Waals surface area contributed by atoms with E-state index in [1.807, 2.05) is 18.3 Å². The average Bonchev–Trinajstić information content (AvgIpc) is 2.41. The number of rotatable bonds is 10. The number of unbranched alkanes of at least 4 members (excludes halogenated alkanes) is 4. The highest BCUT2D eigenvalue weighted by Gasteiger charge is 2.00. The monoisotopic (exact) mass is 264 g/mol. The van der Waals surface area contributed by atoms with Crippen LogP contribution in [0.2, 0.25) is 0 Å². The van der Waals surface area contributed by atoms with Crippen LogP contribution in [0.15, 0.2) is 18.3 Å². The molecule has 19 heavy (non-hydrogen) atoms. The zero-order valence-electron chi connectivity index (χ0n) is 12.6. The van der Waals surface area contributed by atoms with Crippen molar-refractivity contribution in [1.82, 2.24) is 10.3 Å². The number of aromatic nitrogens is 1. The lowest BCUT2D eigenvalue weighted by Gasteiger charge is -2.09. The molecule has 0 aliphatic heterocycles. The lowest BCUT2D eigenvalue weighted by Crippen LogP contribution is -2.21. The van der Waals surface area contributed by atoms with Gasteiger partial charge in [0.25, 0.3) is 0 Å². The Morgan fingerprint density at radius 1 is 1.21 bits per heavy atom. The normalized spacial score (nSPS) is 10.9. The molecular weight excluding hydrogens is 236 g/mol. The molecule has 0 radical (unpaired) electrons. The van der Waals surface area contributed by atoms with Gasteiger partial charge >= 0.3 is 0 Å². The van der Waals surface area contributed by atoms with Crippen molar-refractivity contribution in [2.75, 3.05) is 6.61 Å². The molecule has 0 atom stereocenters. The molecule has 1 heterocycles. The van der Waals surface area contributed by atoms with Gasteiger partial charge in [0, 0.05) is 24.8 Å². The number of pyridine rings is 1. The third kappa shape index (κ3) is 7.83. The summed E-state index contributed by atoms with van der Waals surface area (Å²) in [7, 11) is 0. The van der Waals surface area contributed by atoms with Crippen molar-refractivity contribution >= 4 is 0 Å². The van der Waals surface area contributed by atoms with Gasteiger partial charge in [-0.1, -0.05) is 46.5 Å². The lowest BCUT2D eigenvalue weighted by molar-refractivity contribution is 0.293. The molecule has 0 aromatic carbocycles. The van der Waals surface area contributed by atoms with Gasteiger partial charge in [-0.05, 0) is 18.1 Å².